The van der Waals surface area contributed by atoms with Crippen LogP contribution in [0.2, 0.25) is 0 Å². The van der Waals surface area contributed by atoms with Crippen molar-refractivity contribution in [3.05, 3.63) is 51.6 Å². The first-order chi connectivity index (χ1) is 15.0. The normalized spacial score (nSPS) is 11.5. The van der Waals surface area contributed by atoms with Crippen LogP contribution < -0.4 is 15.6 Å². The molecule has 0 atom stereocenters. The van der Waals surface area contributed by atoms with Gasteiger partial charge in [0.15, 0.2) is 5.16 Å². The van der Waals surface area contributed by atoms with Gasteiger partial charge in [-0.05, 0) is 35.1 Å². The number of thiophene rings is 1. The Labute approximate surface area is 187 Å². The average molecular weight is 458 g/mol. The van der Waals surface area contributed by atoms with Gasteiger partial charge in [0.05, 0.1) is 18.4 Å². The second-order valence-electron chi connectivity index (χ2n) is 7.48. The van der Waals surface area contributed by atoms with Crippen LogP contribution in [0.3, 0.4) is 0 Å². The minimum Gasteiger partial charge on any atom is -0.497 e. The van der Waals surface area contributed by atoms with Crippen molar-refractivity contribution in [3.63, 3.8) is 0 Å². The maximum absolute atomic E-state index is 12.9. The average Bonchev–Trinajstić information content (AvgIpc) is 3.40. The van der Waals surface area contributed by atoms with Crippen molar-refractivity contribution in [3.8, 4) is 5.75 Å². The Morgan fingerprint density at radius 2 is 2.13 bits per heavy atom. The van der Waals surface area contributed by atoms with Crippen molar-refractivity contribution in [1.29, 1.82) is 0 Å². The zero-order chi connectivity index (χ0) is 22.0. The molecule has 0 bridgehead atoms. The summed E-state index contributed by atoms with van der Waals surface area (Å²) >= 11 is 2.71. The molecule has 0 saturated carbocycles. The molecule has 0 aliphatic rings. The second kappa shape index (κ2) is 9.11. The summed E-state index contributed by atoms with van der Waals surface area (Å²) in [6.07, 6.45) is 0. The lowest BCUT2D eigenvalue weighted by atomic mass is 10.2. The van der Waals surface area contributed by atoms with Crippen LogP contribution in [0.5, 0.6) is 5.75 Å². The molecule has 1 amide bonds. The van der Waals surface area contributed by atoms with Crippen LogP contribution in [0.4, 0.5) is 0 Å². The van der Waals surface area contributed by atoms with Crippen LogP contribution in [0.15, 0.2) is 45.7 Å². The molecular weight excluding hydrogens is 434 g/mol. The number of fused-ring (bicyclic) bond motifs is 3. The highest BCUT2D eigenvalue weighted by atomic mass is 32.2. The van der Waals surface area contributed by atoms with Crippen molar-refractivity contribution in [2.24, 2.45) is 5.92 Å². The number of ether oxygens (including phenoxy) is 1. The number of carbonyl (C=O) groups excluding carboxylic acids is 1. The van der Waals surface area contributed by atoms with Gasteiger partial charge in [0, 0.05) is 13.1 Å². The van der Waals surface area contributed by atoms with Gasteiger partial charge >= 0.3 is 0 Å². The van der Waals surface area contributed by atoms with Crippen molar-refractivity contribution in [1.82, 2.24) is 24.5 Å². The second-order valence-corrected chi connectivity index (χ2v) is 9.34. The third kappa shape index (κ3) is 4.45. The summed E-state index contributed by atoms with van der Waals surface area (Å²) in [4.78, 5) is 25.3. The number of methoxy groups -OCH3 is 1. The highest BCUT2D eigenvalue weighted by molar-refractivity contribution is 7.99. The van der Waals surface area contributed by atoms with E-state index in [-0.39, 0.29) is 23.1 Å². The summed E-state index contributed by atoms with van der Waals surface area (Å²) in [5, 5.41) is 13.9. The number of thioether (sulfide) groups is 1. The number of carbonyl (C=O) groups is 1. The maximum atomic E-state index is 12.9. The Hall–Kier alpha value is -2.85. The number of benzene rings is 1. The molecule has 0 aliphatic carbocycles. The number of nitrogens with one attached hydrogen (secondary N) is 1. The Kier molecular flexibility index (Phi) is 6.28. The van der Waals surface area contributed by atoms with E-state index in [4.69, 9.17) is 4.74 Å². The molecule has 0 radical (unpaired) electrons. The van der Waals surface area contributed by atoms with Crippen LogP contribution >= 0.6 is 23.1 Å². The van der Waals surface area contributed by atoms with Gasteiger partial charge < -0.3 is 10.1 Å². The van der Waals surface area contributed by atoms with E-state index in [0.717, 1.165) is 16.8 Å². The van der Waals surface area contributed by atoms with Crippen molar-refractivity contribution in [2.45, 2.75) is 32.1 Å². The number of amides is 1. The molecule has 4 aromatic rings. The fourth-order valence-electron chi connectivity index (χ4n) is 3.29. The van der Waals surface area contributed by atoms with Gasteiger partial charge in [0.25, 0.3) is 5.56 Å². The van der Waals surface area contributed by atoms with E-state index in [1.165, 1.54) is 23.1 Å². The van der Waals surface area contributed by atoms with E-state index in [9.17, 15) is 9.59 Å². The van der Waals surface area contributed by atoms with Gasteiger partial charge in [-0.3, -0.25) is 18.6 Å². The minimum atomic E-state index is -0.110. The fourth-order valence-corrected chi connectivity index (χ4v) is 4.88. The van der Waals surface area contributed by atoms with E-state index in [2.05, 4.69) is 29.4 Å². The van der Waals surface area contributed by atoms with Gasteiger partial charge in [0.2, 0.25) is 11.7 Å². The molecule has 0 unspecified atom stereocenters. The molecule has 0 aliphatic heterocycles. The Bertz CT molecular complexity index is 1290. The molecule has 1 aromatic carbocycles. The van der Waals surface area contributed by atoms with Gasteiger partial charge in [-0.1, -0.05) is 37.7 Å². The first-order valence-corrected chi connectivity index (χ1v) is 11.7. The van der Waals surface area contributed by atoms with Crippen LogP contribution in [0.1, 0.15) is 19.4 Å². The van der Waals surface area contributed by atoms with Crippen molar-refractivity contribution >= 4 is 45.0 Å². The van der Waals surface area contributed by atoms with Gasteiger partial charge in [0.1, 0.15) is 10.4 Å². The van der Waals surface area contributed by atoms with Gasteiger partial charge in [-0.25, -0.2) is 0 Å². The number of hydrogen-bond donors (Lipinski definition) is 1. The Morgan fingerprint density at radius 1 is 1.29 bits per heavy atom. The summed E-state index contributed by atoms with van der Waals surface area (Å²) in [6.45, 7) is 5.08. The molecule has 8 nitrogen and oxygen atoms in total. The van der Waals surface area contributed by atoms with Crippen molar-refractivity contribution < 1.29 is 9.53 Å². The molecule has 0 saturated heterocycles. The van der Waals surface area contributed by atoms with E-state index in [1.54, 1.807) is 11.7 Å². The third-order valence-corrected chi connectivity index (χ3v) is 6.51. The molecular formula is C21H23N5O3S2. The van der Waals surface area contributed by atoms with E-state index >= 15 is 0 Å². The quantitative estimate of drug-likeness (QED) is 0.409. The van der Waals surface area contributed by atoms with Gasteiger partial charge in [-0.15, -0.1) is 21.5 Å². The van der Waals surface area contributed by atoms with Crippen molar-refractivity contribution in [2.75, 3.05) is 12.9 Å². The van der Waals surface area contributed by atoms with Crippen LogP contribution in [-0.2, 0) is 17.9 Å². The standard InChI is InChI=1S/C21H23N5O3S2/c1-13(2)11-25-19(28)18-16(7-8-30-18)26-20(25)23-24-21(26)31-12-17(27)22-10-14-5-4-6-15(9-14)29-3/h4-9,13H,10-12H2,1-3H3,(H,22,27). The highest BCUT2D eigenvalue weighted by Gasteiger charge is 2.19. The highest BCUT2D eigenvalue weighted by Crippen LogP contribution is 2.24. The van der Waals surface area contributed by atoms with Crippen LogP contribution in [-0.4, -0.2) is 37.9 Å². The molecule has 4 rings (SSSR count). The zero-order valence-electron chi connectivity index (χ0n) is 17.5. The Balaban J connectivity index is 1.53. The summed E-state index contributed by atoms with van der Waals surface area (Å²) in [5.41, 5.74) is 1.68. The summed E-state index contributed by atoms with van der Waals surface area (Å²) < 4.78 is 9.42. The lowest BCUT2D eigenvalue weighted by Gasteiger charge is -2.11. The molecule has 3 aromatic heterocycles. The summed E-state index contributed by atoms with van der Waals surface area (Å²) in [5.74, 6) is 1.63. The minimum absolute atomic E-state index is 0.0498. The fraction of sp³-hybridized carbons (Fsp3) is 0.333. The van der Waals surface area contributed by atoms with E-state index < -0.39 is 0 Å². The monoisotopic (exact) mass is 457 g/mol. The maximum Gasteiger partial charge on any atom is 0.272 e. The smallest absolute Gasteiger partial charge is 0.272 e. The predicted molar refractivity (Wildman–Crippen MR) is 123 cm³/mol. The molecule has 31 heavy (non-hydrogen) atoms. The zero-order valence-corrected chi connectivity index (χ0v) is 19.1. The Morgan fingerprint density at radius 3 is 2.90 bits per heavy atom. The number of hydrogen-bond acceptors (Lipinski definition) is 7. The van der Waals surface area contributed by atoms with Crippen LogP contribution in [0.25, 0.3) is 16.0 Å². The third-order valence-electron chi connectivity index (χ3n) is 4.69. The number of rotatable bonds is 8. The lowest BCUT2D eigenvalue weighted by molar-refractivity contribution is -0.118. The summed E-state index contributed by atoms with van der Waals surface area (Å²) in [6, 6.07) is 9.47. The number of nitrogens with zero attached hydrogens (tertiary/aromatic N) is 4. The largest absolute Gasteiger partial charge is 0.497 e. The van der Waals surface area contributed by atoms with E-state index in [0.29, 0.717) is 28.7 Å². The summed E-state index contributed by atoms with van der Waals surface area (Å²) in [7, 11) is 1.61. The molecule has 0 fully saturated rings. The SMILES string of the molecule is COc1cccc(CNC(=O)CSc2nnc3n(CC(C)C)c(=O)c4sccc4n23)c1. The lowest BCUT2D eigenvalue weighted by Crippen LogP contribution is -2.25. The molecule has 162 valence electrons. The first kappa shape index (κ1) is 21.4. The van der Waals surface area contributed by atoms with Crippen LogP contribution in [0, 0.1) is 5.92 Å². The first-order valence-electron chi connectivity index (χ1n) is 9.85. The predicted octanol–water partition coefficient (Wildman–Crippen LogP) is 3.18. The molecule has 10 heteroatoms. The topological polar surface area (TPSA) is 90.5 Å². The van der Waals surface area contributed by atoms with Gasteiger partial charge in [-0.2, -0.15) is 0 Å². The van der Waals surface area contributed by atoms with E-state index in [1.807, 2.05) is 40.1 Å². The molecule has 0 spiro atoms. The molecule has 1 N–H and O–H groups in total. The number of aromatic nitrogens is 4. The molecule has 3 heterocycles.